The number of rotatable bonds is 4. The molecule has 0 fully saturated rings. The minimum absolute atomic E-state index is 0.0778. The summed E-state index contributed by atoms with van der Waals surface area (Å²) in [5.74, 6) is -2.75. The summed E-state index contributed by atoms with van der Waals surface area (Å²) in [6, 6.07) is 6.01. The van der Waals surface area contributed by atoms with Crippen LogP contribution < -0.4 is 5.32 Å². The van der Waals surface area contributed by atoms with Gasteiger partial charge in [0.25, 0.3) is 5.91 Å². The van der Waals surface area contributed by atoms with Gasteiger partial charge < -0.3 is 15.5 Å². The molecule has 6 nitrogen and oxygen atoms in total. The van der Waals surface area contributed by atoms with Crippen LogP contribution in [0.25, 0.3) is 0 Å². The number of halogens is 1. The number of carbonyl (C=O) groups excluding carboxylic acids is 1. The number of aliphatic carboxylic acids is 1. The zero-order chi connectivity index (χ0) is 15.4. The Kier molecular flexibility index (Phi) is 4.13. The zero-order valence-electron chi connectivity index (χ0n) is 10.7. The minimum atomic E-state index is -1.00. The van der Waals surface area contributed by atoms with Gasteiger partial charge in [-0.15, -0.1) is 0 Å². The fourth-order valence-corrected chi connectivity index (χ4v) is 1.65. The third kappa shape index (κ3) is 3.75. The number of benzene rings is 1. The van der Waals surface area contributed by atoms with Crippen LogP contribution >= 0.6 is 0 Å². The highest BCUT2D eigenvalue weighted by molar-refractivity contribution is 6.06. The first-order valence-corrected chi connectivity index (χ1v) is 5.92. The Labute approximate surface area is 118 Å². The predicted molar refractivity (Wildman–Crippen MR) is 71.6 cm³/mol. The number of carboxylic acids is 1. The number of hydrogen-bond donors (Lipinski definition) is 3. The van der Waals surface area contributed by atoms with Crippen LogP contribution in [0.2, 0.25) is 0 Å². The lowest BCUT2D eigenvalue weighted by molar-refractivity contribution is -0.136. The number of hydrogen-bond acceptors (Lipinski definition) is 4. The Morgan fingerprint density at radius 3 is 2.57 bits per heavy atom. The second-order valence-corrected chi connectivity index (χ2v) is 4.22. The van der Waals surface area contributed by atoms with Crippen LogP contribution in [0.1, 0.15) is 16.1 Å². The van der Waals surface area contributed by atoms with Gasteiger partial charge in [-0.25, -0.2) is 4.39 Å². The van der Waals surface area contributed by atoms with Gasteiger partial charge in [-0.2, -0.15) is 0 Å². The maximum Gasteiger partial charge on any atom is 0.309 e. The Morgan fingerprint density at radius 1 is 1.24 bits per heavy atom. The van der Waals surface area contributed by atoms with Crippen LogP contribution in [0.4, 0.5) is 10.1 Å². The number of phenolic OH excluding ortho intramolecular Hbond substituents is 1. The molecule has 108 valence electrons. The summed E-state index contributed by atoms with van der Waals surface area (Å²) in [5.41, 5.74) is 0.606. The number of nitrogens with zero attached hydrogens (tertiary/aromatic N) is 1. The summed E-state index contributed by atoms with van der Waals surface area (Å²) in [4.78, 5) is 26.3. The van der Waals surface area contributed by atoms with Crippen molar-refractivity contribution in [3.63, 3.8) is 0 Å². The molecule has 0 bridgehead atoms. The summed E-state index contributed by atoms with van der Waals surface area (Å²) in [6.07, 6.45) is 1.09. The number of carboxylic acid groups (broad SMARTS) is 1. The van der Waals surface area contributed by atoms with E-state index < -0.39 is 23.4 Å². The molecule has 1 heterocycles. The third-order valence-corrected chi connectivity index (χ3v) is 2.62. The van der Waals surface area contributed by atoms with Crippen molar-refractivity contribution in [2.45, 2.75) is 6.42 Å². The maximum absolute atomic E-state index is 12.8. The molecule has 1 aromatic carbocycles. The quantitative estimate of drug-likeness (QED) is 0.797. The van der Waals surface area contributed by atoms with E-state index in [9.17, 15) is 19.1 Å². The van der Waals surface area contributed by atoms with Crippen molar-refractivity contribution >= 4 is 17.6 Å². The normalized spacial score (nSPS) is 10.1. The lowest BCUT2D eigenvalue weighted by Gasteiger charge is -2.07. The molecule has 0 aliphatic carbocycles. The van der Waals surface area contributed by atoms with E-state index >= 15 is 0 Å². The summed E-state index contributed by atoms with van der Waals surface area (Å²) in [5, 5.41) is 20.6. The average Bonchev–Trinajstić information content (AvgIpc) is 2.40. The van der Waals surface area contributed by atoms with E-state index in [1.54, 1.807) is 0 Å². The average molecular weight is 290 g/mol. The van der Waals surface area contributed by atoms with Gasteiger partial charge in [-0.05, 0) is 24.3 Å². The number of aromatic nitrogens is 1. The van der Waals surface area contributed by atoms with E-state index in [0.717, 1.165) is 18.2 Å². The molecule has 0 saturated carbocycles. The summed E-state index contributed by atoms with van der Waals surface area (Å²) in [6.45, 7) is 0. The van der Waals surface area contributed by atoms with Gasteiger partial charge >= 0.3 is 5.97 Å². The van der Waals surface area contributed by atoms with Crippen LogP contribution in [0.3, 0.4) is 0 Å². The molecule has 2 aromatic rings. The standard InChI is InChI=1S/C14H11FN2O4/c15-8-1-4-11(12(18)5-8)14(21)17-10-3-2-9(16-7-10)6-13(19)20/h1-5,7,18H,6H2,(H,17,21)(H,19,20). The molecule has 2 rings (SSSR count). The number of amides is 1. The zero-order valence-corrected chi connectivity index (χ0v) is 10.7. The predicted octanol–water partition coefficient (Wildman–Crippen LogP) is 1.81. The number of carbonyl (C=O) groups is 2. The lowest BCUT2D eigenvalue weighted by atomic mass is 10.2. The van der Waals surface area contributed by atoms with Gasteiger partial charge in [-0.1, -0.05) is 0 Å². The van der Waals surface area contributed by atoms with Crippen molar-refractivity contribution in [2.24, 2.45) is 0 Å². The molecule has 0 spiro atoms. The molecule has 3 N–H and O–H groups in total. The van der Waals surface area contributed by atoms with Gasteiger partial charge in [-0.3, -0.25) is 14.6 Å². The Balaban J connectivity index is 2.10. The van der Waals surface area contributed by atoms with Crippen molar-refractivity contribution < 1.29 is 24.2 Å². The van der Waals surface area contributed by atoms with E-state index in [2.05, 4.69) is 10.3 Å². The molecule has 0 atom stereocenters. The molecule has 0 radical (unpaired) electrons. The van der Waals surface area contributed by atoms with E-state index in [1.165, 1.54) is 18.3 Å². The molecule has 21 heavy (non-hydrogen) atoms. The Bertz CT molecular complexity index is 686. The summed E-state index contributed by atoms with van der Waals surface area (Å²) in [7, 11) is 0. The van der Waals surface area contributed by atoms with Crippen LogP contribution in [0.15, 0.2) is 36.5 Å². The van der Waals surface area contributed by atoms with Gasteiger partial charge in [0.15, 0.2) is 0 Å². The second kappa shape index (κ2) is 6.00. The van der Waals surface area contributed by atoms with Gasteiger partial charge in [0, 0.05) is 6.07 Å². The van der Waals surface area contributed by atoms with E-state index in [0.29, 0.717) is 11.4 Å². The molecule has 0 saturated heterocycles. The minimum Gasteiger partial charge on any atom is -0.507 e. The fourth-order valence-electron chi connectivity index (χ4n) is 1.65. The fraction of sp³-hybridized carbons (Fsp3) is 0.0714. The Hall–Kier alpha value is -2.96. The molecule has 1 amide bonds. The number of nitrogens with one attached hydrogen (secondary N) is 1. The van der Waals surface area contributed by atoms with E-state index in [4.69, 9.17) is 5.11 Å². The van der Waals surface area contributed by atoms with Crippen LogP contribution in [0, 0.1) is 5.82 Å². The van der Waals surface area contributed by atoms with Crippen molar-refractivity contribution in [3.05, 3.63) is 53.6 Å². The molecule has 1 aromatic heterocycles. The van der Waals surface area contributed by atoms with Crippen molar-refractivity contribution in [1.29, 1.82) is 0 Å². The molecule has 7 heteroatoms. The van der Waals surface area contributed by atoms with Gasteiger partial charge in [0.2, 0.25) is 0 Å². The van der Waals surface area contributed by atoms with Crippen molar-refractivity contribution in [1.82, 2.24) is 4.98 Å². The van der Waals surface area contributed by atoms with Crippen molar-refractivity contribution in [3.8, 4) is 5.75 Å². The smallest absolute Gasteiger partial charge is 0.309 e. The first-order valence-electron chi connectivity index (χ1n) is 5.92. The van der Waals surface area contributed by atoms with Crippen LogP contribution in [-0.2, 0) is 11.2 Å². The molecular formula is C14H11FN2O4. The number of aromatic hydroxyl groups is 1. The maximum atomic E-state index is 12.8. The largest absolute Gasteiger partial charge is 0.507 e. The van der Waals surface area contributed by atoms with Crippen molar-refractivity contribution in [2.75, 3.05) is 5.32 Å². The first-order chi connectivity index (χ1) is 9.95. The summed E-state index contributed by atoms with van der Waals surface area (Å²) >= 11 is 0. The number of pyridine rings is 1. The first kappa shape index (κ1) is 14.4. The Morgan fingerprint density at radius 2 is 2.00 bits per heavy atom. The lowest BCUT2D eigenvalue weighted by Crippen LogP contribution is -2.12. The summed E-state index contributed by atoms with van der Waals surface area (Å²) < 4.78 is 12.8. The number of phenols is 1. The highest BCUT2D eigenvalue weighted by Crippen LogP contribution is 2.19. The van der Waals surface area contributed by atoms with E-state index in [1.807, 2.05) is 0 Å². The molecule has 0 aliphatic rings. The topological polar surface area (TPSA) is 99.5 Å². The highest BCUT2D eigenvalue weighted by Gasteiger charge is 2.12. The second-order valence-electron chi connectivity index (χ2n) is 4.22. The van der Waals surface area contributed by atoms with Gasteiger partial charge in [0.1, 0.15) is 11.6 Å². The van der Waals surface area contributed by atoms with Gasteiger partial charge in [0.05, 0.1) is 29.6 Å². The molecule has 0 aliphatic heterocycles. The molecular weight excluding hydrogens is 279 g/mol. The van der Waals surface area contributed by atoms with E-state index in [-0.39, 0.29) is 12.0 Å². The molecule has 0 unspecified atom stereocenters. The SMILES string of the molecule is O=C(O)Cc1ccc(NC(=O)c2ccc(F)cc2O)cn1. The third-order valence-electron chi connectivity index (χ3n) is 2.62. The highest BCUT2D eigenvalue weighted by atomic mass is 19.1. The van der Waals surface area contributed by atoms with Crippen LogP contribution in [0.5, 0.6) is 5.75 Å². The monoisotopic (exact) mass is 290 g/mol. The number of anilines is 1. The van der Waals surface area contributed by atoms with Crippen LogP contribution in [-0.4, -0.2) is 27.1 Å².